The average Bonchev–Trinajstić information content (AvgIpc) is 2.78. The molecule has 1 aromatic rings. The minimum Gasteiger partial charge on any atom is -0.271 e. The van der Waals surface area contributed by atoms with Crippen molar-refractivity contribution in [2.75, 3.05) is 11.5 Å². The Bertz CT molecular complexity index is 390. The molecule has 1 unspecified atom stereocenters. The molecule has 1 aromatic heterocycles. The molecule has 0 spiro atoms. The fourth-order valence-corrected chi connectivity index (χ4v) is 2.78. The van der Waals surface area contributed by atoms with Crippen LogP contribution in [0.5, 0.6) is 0 Å². The van der Waals surface area contributed by atoms with Crippen molar-refractivity contribution in [1.29, 1.82) is 0 Å². The summed E-state index contributed by atoms with van der Waals surface area (Å²) in [6, 6.07) is -0.0629. The number of nitrogens with zero attached hydrogens (tertiary/aromatic N) is 2. The van der Waals surface area contributed by atoms with Crippen LogP contribution in [-0.4, -0.2) is 29.5 Å². The molecule has 0 fully saturated rings. The van der Waals surface area contributed by atoms with Crippen LogP contribution in [0.4, 0.5) is 0 Å². The van der Waals surface area contributed by atoms with E-state index in [2.05, 4.69) is 15.0 Å². The third-order valence-electron chi connectivity index (χ3n) is 2.31. The Labute approximate surface area is 99.3 Å². The Kier molecular flexibility index (Phi) is 5.26. The molecule has 0 saturated carbocycles. The molecular formula is C8H16N4O2S2. The van der Waals surface area contributed by atoms with Gasteiger partial charge in [0, 0.05) is 5.75 Å². The van der Waals surface area contributed by atoms with Gasteiger partial charge >= 0.3 is 0 Å². The predicted molar refractivity (Wildman–Crippen MR) is 63.5 cm³/mol. The van der Waals surface area contributed by atoms with E-state index in [9.17, 15) is 8.42 Å². The predicted octanol–water partition coefficient (Wildman–Crippen LogP) is 0.257. The number of hydrogen-bond donors (Lipinski definition) is 2. The summed E-state index contributed by atoms with van der Waals surface area (Å²) in [6.45, 7) is 1.65. The van der Waals surface area contributed by atoms with E-state index in [1.807, 2.05) is 0 Å². The quantitative estimate of drug-likeness (QED) is 0.541. The maximum atomic E-state index is 11.3. The number of aromatic nitrogens is 2. The molecule has 6 nitrogen and oxygen atoms in total. The summed E-state index contributed by atoms with van der Waals surface area (Å²) in [5.74, 6) is 5.79. The first kappa shape index (κ1) is 13.5. The lowest BCUT2D eigenvalue weighted by Crippen LogP contribution is -2.27. The van der Waals surface area contributed by atoms with E-state index in [0.29, 0.717) is 12.8 Å². The third-order valence-corrected chi connectivity index (χ3v) is 4.88. The lowest BCUT2D eigenvalue weighted by Gasteiger charge is -2.12. The van der Waals surface area contributed by atoms with Crippen molar-refractivity contribution in [3.05, 3.63) is 11.1 Å². The molecule has 0 saturated heterocycles. The number of hydrazine groups is 1. The normalized spacial score (nSPS) is 13.9. The van der Waals surface area contributed by atoms with Crippen molar-refractivity contribution in [3.8, 4) is 0 Å². The highest BCUT2D eigenvalue weighted by Gasteiger charge is 2.14. The molecule has 0 aliphatic rings. The van der Waals surface area contributed by atoms with E-state index >= 15 is 0 Å². The van der Waals surface area contributed by atoms with Crippen LogP contribution in [0.3, 0.4) is 0 Å². The zero-order valence-electron chi connectivity index (χ0n) is 9.09. The van der Waals surface area contributed by atoms with Gasteiger partial charge in [0.25, 0.3) is 0 Å². The van der Waals surface area contributed by atoms with Crippen LogP contribution < -0.4 is 11.3 Å². The van der Waals surface area contributed by atoms with Crippen molar-refractivity contribution < 1.29 is 8.42 Å². The minimum absolute atomic E-state index is 0.0629. The number of nitrogens with one attached hydrogen (secondary N) is 1. The summed E-state index contributed by atoms with van der Waals surface area (Å²) in [5, 5.41) is 3.72. The molecule has 0 amide bonds. The lowest BCUT2D eigenvalue weighted by atomic mass is 10.1. The van der Waals surface area contributed by atoms with E-state index in [0.717, 1.165) is 4.88 Å². The Balaban J connectivity index is 2.42. The molecule has 0 bridgehead atoms. The number of sulfone groups is 1. The Morgan fingerprint density at radius 2 is 2.38 bits per heavy atom. The highest BCUT2D eigenvalue weighted by atomic mass is 32.2. The van der Waals surface area contributed by atoms with Crippen LogP contribution >= 0.6 is 11.5 Å². The van der Waals surface area contributed by atoms with Crippen molar-refractivity contribution in [1.82, 2.24) is 15.0 Å². The second-order valence-corrected chi connectivity index (χ2v) is 6.71. The monoisotopic (exact) mass is 264 g/mol. The van der Waals surface area contributed by atoms with Gasteiger partial charge in [-0.15, -0.1) is 5.10 Å². The summed E-state index contributed by atoms with van der Waals surface area (Å²) in [4.78, 5) is 0.927. The van der Waals surface area contributed by atoms with Crippen LogP contribution in [0.1, 0.15) is 30.7 Å². The average molecular weight is 264 g/mol. The first-order valence-electron chi connectivity index (χ1n) is 5.03. The van der Waals surface area contributed by atoms with Crippen molar-refractivity contribution in [2.24, 2.45) is 5.84 Å². The minimum atomic E-state index is -2.89. The van der Waals surface area contributed by atoms with Crippen molar-refractivity contribution >= 4 is 21.4 Å². The Morgan fingerprint density at radius 3 is 2.88 bits per heavy atom. The lowest BCUT2D eigenvalue weighted by molar-refractivity contribution is 0.513. The van der Waals surface area contributed by atoms with E-state index < -0.39 is 9.84 Å². The second-order valence-electron chi connectivity index (χ2n) is 3.42. The molecule has 1 heterocycles. The highest BCUT2D eigenvalue weighted by Crippen LogP contribution is 2.19. The number of rotatable bonds is 7. The first-order valence-corrected chi connectivity index (χ1v) is 7.62. The van der Waals surface area contributed by atoms with Crippen LogP contribution in [0.15, 0.2) is 6.20 Å². The second kappa shape index (κ2) is 6.24. The first-order chi connectivity index (χ1) is 7.59. The maximum Gasteiger partial charge on any atom is 0.150 e. The van der Waals surface area contributed by atoms with Crippen molar-refractivity contribution in [3.63, 3.8) is 0 Å². The van der Waals surface area contributed by atoms with E-state index in [1.54, 1.807) is 13.1 Å². The Hall–Kier alpha value is -0.570. The summed E-state index contributed by atoms with van der Waals surface area (Å²) in [5.41, 5.74) is 2.64. The summed E-state index contributed by atoms with van der Waals surface area (Å²) in [6.07, 6.45) is 2.89. The van der Waals surface area contributed by atoms with Gasteiger partial charge in [0.05, 0.1) is 22.9 Å². The Morgan fingerprint density at radius 1 is 1.62 bits per heavy atom. The van der Waals surface area contributed by atoms with E-state index in [1.165, 1.54) is 11.5 Å². The van der Waals surface area contributed by atoms with E-state index in [4.69, 9.17) is 5.84 Å². The van der Waals surface area contributed by atoms with Crippen LogP contribution in [0.25, 0.3) is 0 Å². The fraction of sp³-hybridized carbons (Fsp3) is 0.750. The van der Waals surface area contributed by atoms with Crippen LogP contribution in [0, 0.1) is 0 Å². The third kappa shape index (κ3) is 4.12. The molecule has 0 aromatic carbocycles. The summed E-state index contributed by atoms with van der Waals surface area (Å²) < 4.78 is 26.3. The zero-order chi connectivity index (χ0) is 12.0. The van der Waals surface area contributed by atoms with Gasteiger partial charge in [0.15, 0.2) is 0 Å². The fourth-order valence-electron chi connectivity index (χ4n) is 1.29. The molecule has 0 radical (unpaired) electrons. The standard InChI is InChI=1S/C8H16N4O2S2/c1-2-16(13,14)5-3-4-7(11-9)8-6-10-12-15-8/h6-7,11H,2-5,9H2,1H3. The van der Waals surface area contributed by atoms with Gasteiger partial charge in [-0.3, -0.25) is 11.3 Å². The molecule has 1 atom stereocenters. The number of nitrogens with two attached hydrogens (primary N) is 1. The van der Waals surface area contributed by atoms with Gasteiger partial charge in [-0.1, -0.05) is 11.4 Å². The largest absolute Gasteiger partial charge is 0.271 e. The number of hydrogen-bond acceptors (Lipinski definition) is 7. The topological polar surface area (TPSA) is 98.0 Å². The molecule has 8 heteroatoms. The van der Waals surface area contributed by atoms with Gasteiger partial charge in [0.2, 0.25) is 0 Å². The smallest absolute Gasteiger partial charge is 0.150 e. The SMILES string of the molecule is CCS(=O)(=O)CCCC(NN)c1cnns1. The van der Waals surface area contributed by atoms with Crippen LogP contribution in [-0.2, 0) is 9.84 Å². The van der Waals surface area contributed by atoms with Gasteiger partial charge in [-0.2, -0.15) is 0 Å². The van der Waals surface area contributed by atoms with Gasteiger partial charge in [0.1, 0.15) is 9.84 Å². The molecule has 92 valence electrons. The summed E-state index contributed by atoms with van der Waals surface area (Å²) in [7, 11) is -2.89. The van der Waals surface area contributed by atoms with E-state index in [-0.39, 0.29) is 17.5 Å². The molecular weight excluding hydrogens is 248 g/mol. The van der Waals surface area contributed by atoms with Crippen molar-refractivity contribution in [2.45, 2.75) is 25.8 Å². The van der Waals surface area contributed by atoms with Gasteiger partial charge in [-0.05, 0) is 24.4 Å². The molecule has 16 heavy (non-hydrogen) atoms. The zero-order valence-corrected chi connectivity index (χ0v) is 10.7. The molecule has 3 N–H and O–H groups in total. The highest BCUT2D eigenvalue weighted by molar-refractivity contribution is 7.91. The van der Waals surface area contributed by atoms with Gasteiger partial charge in [-0.25, -0.2) is 8.42 Å². The molecule has 0 aliphatic carbocycles. The molecule has 1 rings (SSSR count). The summed E-state index contributed by atoms with van der Waals surface area (Å²) >= 11 is 1.27. The molecule has 0 aliphatic heterocycles. The maximum absolute atomic E-state index is 11.3. The van der Waals surface area contributed by atoms with Crippen LogP contribution in [0.2, 0.25) is 0 Å². The van der Waals surface area contributed by atoms with Gasteiger partial charge < -0.3 is 0 Å².